The van der Waals surface area contributed by atoms with Gasteiger partial charge in [-0.25, -0.2) is 9.99 Å². The molecule has 0 amide bonds. The van der Waals surface area contributed by atoms with Crippen molar-refractivity contribution in [3.8, 4) is 11.3 Å². The van der Waals surface area contributed by atoms with Crippen molar-refractivity contribution in [2.45, 2.75) is 20.3 Å². The molecule has 5 heteroatoms. The fourth-order valence-corrected chi connectivity index (χ4v) is 3.67. The van der Waals surface area contributed by atoms with Crippen molar-refractivity contribution in [2.24, 2.45) is 5.10 Å². The summed E-state index contributed by atoms with van der Waals surface area (Å²) in [6.45, 7) is 4.21. The molecule has 3 rings (SSSR count). The van der Waals surface area contributed by atoms with Crippen molar-refractivity contribution >= 4 is 34.3 Å². The quantitative estimate of drug-likeness (QED) is 0.419. The Labute approximate surface area is 157 Å². The smallest absolute Gasteiger partial charge is 0.206 e. The first-order valence-electron chi connectivity index (χ1n) is 8.18. The predicted octanol–water partition coefficient (Wildman–Crippen LogP) is 5.80. The molecule has 0 N–H and O–H groups in total. The lowest BCUT2D eigenvalue weighted by Gasteiger charge is -2.09. The number of aryl methyl sites for hydroxylation is 2. The number of aromatic nitrogens is 1. The molecule has 25 heavy (non-hydrogen) atoms. The maximum absolute atomic E-state index is 6.32. The second-order valence-electron chi connectivity index (χ2n) is 5.70. The number of hydrogen-bond donors (Lipinski definition) is 0. The third kappa shape index (κ3) is 3.91. The number of hydrazone groups is 1. The number of thiazole rings is 1. The van der Waals surface area contributed by atoms with Crippen LogP contribution in [0.1, 0.15) is 22.9 Å². The zero-order valence-corrected chi connectivity index (χ0v) is 16.1. The van der Waals surface area contributed by atoms with Crippen molar-refractivity contribution in [1.82, 2.24) is 4.98 Å². The van der Waals surface area contributed by atoms with Crippen LogP contribution in [0.5, 0.6) is 0 Å². The second-order valence-corrected chi connectivity index (χ2v) is 7.29. The van der Waals surface area contributed by atoms with Gasteiger partial charge in [0.15, 0.2) is 0 Å². The Balaban J connectivity index is 1.86. The van der Waals surface area contributed by atoms with E-state index in [-0.39, 0.29) is 0 Å². The molecule has 2 aromatic carbocycles. The molecular weight excluding hydrogens is 350 g/mol. The molecule has 0 aliphatic carbocycles. The Kier molecular flexibility index (Phi) is 5.51. The Morgan fingerprint density at radius 1 is 1.16 bits per heavy atom. The molecule has 0 radical (unpaired) electrons. The van der Waals surface area contributed by atoms with Crippen LogP contribution in [0, 0.1) is 6.92 Å². The second kappa shape index (κ2) is 7.81. The fourth-order valence-electron chi connectivity index (χ4n) is 2.60. The average molecular weight is 370 g/mol. The third-order valence-electron chi connectivity index (χ3n) is 4.00. The highest BCUT2D eigenvalue weighted by Crippen LogP contribution is 2.35. The molecular formula is C20H20ClN3S. The van der Waals surface area contributed by atoms with Gasteiger partial charge in [0.25, 0.3) is 0 Å². The van der Waals surface area contributed by atoms with Crippen LogP contribution in [0.2, 0.25) is 5.02 Å². The molecule has 0 bridgehead atoms. The molecule has 0 spiro atoms. The first-order chi connectivity index (χ1) is 12.1. The number of halogens is 1. The molecule has 0 fully saturated rings. The molecule has 3 nitrogen and oxygen atoms in total. The van der Waals surface area contributed by atoms with Gasteiger partial charge in [-0.2, -0.15) is 5.10 Å². The highest BCUT2D eigenvalue weighted by molar-refractivity contribution is 7.16. The topological polar surface area (TPSA) is 28.5 Å². The minimum Gasteiger partial charge on any atom is -0.242 e. The minimum atomic E-state index is 0.713. The van der Waals surface area contributed by atoms with Crippen LogP contribution >= 0.6 is 22.9 Å². The van der Waals surface area contributed by atoms with E-state index >= 15 is 0 Å². The third-order valence-corrected chi connectivity index (χ3v) is 5.36. The molecule has 0 aliphatic heterocycles. The van der Waals surface area contributed by atoms with Gasteiger partial charge < -0.3 is 0 Å². The molecule has 0 aliphatic rings. The normalized spacial score (nSPS) is 11.2. The molecule has 0 atom stereocenters. The summed E-state index contributed by atoms with van der Waals surface area (Å²) in [5.74, 6) is 0. The summed E-state index contributed by atoms with van der Waals surface area (Å²) in [4.78, 5) is 5.87. The maximum atomic E-state index is 6.32. The molecule has 0 saturated carbocycles. The molecule has 0 saturated heterocycles. The predicted molar refractivity (Wildman–Crippen MR) is 109 cm³/mol. The Morgan fingerprint density at radius 2 is 1.88 bits per heavy atom. The van der Waals surface area contributed by atoms with Gasteiger partial charge in [0, 0.05) is 22.5 Å². The van der Waals surface area contributed by atoms with Crippen molar-refractivity contribution < 1.29 is 0 Å². The van der Waals surface area contributed by atoms with Gasteiger partial charge in [-0.05, 0) is 30.5 Å². The van der Waals surface area contributed by atoms with Crippen LogP contribution in [0.25, 0.3) is 11.3 Å². The minimum absolute atomic E-state index is 0.713. The Morgan fingerprint density at radius 3 is 2.64 bits per heavy atom. The largest absolute Gasteiger partial charge is 0.242 e. The lowest BCUT2D eigenvalue weighted by Crippen LogP contribution is -2.09. The number of nitrogens with zero attached hydrogens (tertiary/aromatic N) is 3. The number of rotatable bonds is 5. The van der Waals surface area contributed by atoms with E-state index in [1.54, 1.807) is 11.3 Å². The zero-order valence-electron chi connectivity index (χ0n) is 14.5. The monoisotopic (exact) mass is 369 g/mol. The van der Waals surface area contributed by atoms with Gasteiger partial charge in [-0.15, -0.1) is 0 Å². The van der Waals surface area contributed by atoms with E-state index in [9.17, 15) is 0 Å². The number of hydrogen-bond acceptors (Lipinski definition) is 4. The van der Waals surface area contributed by atoms with Crippen molar-refractivity contribution in [3.05, 3.63) is 69.6 Å². The first kappa shape index (κ1) is 17.6. The van der Waals surface area contributed by atoms with Crippen LogP contribution in [0.3, 0.4) is 0 Å². The van der Waals surface area contributed by atoms with Crippen LogP contribution < -0.4 is 5.01 Å². The van der Waals surface area contributed by atoms with E-state index in [4.69, 9.17) is 16.6 Å². The van der Waals surface area contributed by atoms with E-state index in [1.807, 2.05) is 48.6 Å². The Bertz CT molecular complexity index is 901. The maximum Gasteiger partial charge on any atom is 0.206 e. The molecule has 1 heterocycles. The summed E-state index contributed by atoms with van der Waals surface area (Å²) < 4.78 is 0. The van der Waals surface area contributed by atoms with Crippen molar-refractivity contribution in [3.63, 3.8) is 0 Å². The van der Waals surface area contributed by atoms with Gasteiger partial charge in [-0.1, -0.05) is 72.3 Å². The van der Waals surface area contributed by atoms with Crippen molar-refractivity contribution in [2.75, 3.05) is 12.1 Å². The SMILES string of the molecule is CCc1ccccc1/C=N/N(C)c1nc(-c2ccccc2Cl)c(C)s1. The molecule has 3 aromatic rings. The standard InChI is InChI=1S/C20H20ClN3S/c1-4-15-9-5-6-10-16(15)13-22-24(3)20-23-19(14(2)25-20)17-11-7-8-12-18(17)21/h5-13H,4H2,1-3H3/b22-13+. The van der Waals surface area contributed by atoms with Crippen LogP contribution in [-0.4, -0.2) is 18.2 Å². The lowest BCUT2D eigenvalue weighted by atomic mass is 10.1. The molecule has 1 aromatic heterocycles. The summed E-state index contributed by atoms with van der Waals surface area (Å²) in [7, 11) is 1.92. The van der Waals surface area contributed by atoms with Gasteiger partial charge in [-0.3, -0.25) is 0 Å². The summed E-state index contributed by atoms with van der Waals surface area (Å²) >= 11 is 7.93. The van der Waals surface area contributed by atoms with E-state index in [2.05, 4.69) is 37.1 Å². The van der Waals surface area contributed by atoms with E-state index in [0.29, 0.717) is 5.02 Å². The average Bonchev–Trinajstić information content (AvgIpc) is 3.02. The number of benzene rings is 2. The van der Waals surface area contributed by atoms with Gasteiger partial charge in [0.05, 0.1) is 11.9 Å². The summed E-state index contributed by atoms with van der Waals surface area (Å²) in [6, 6.07) is 16.1. The zero-order chi connectivity index (χ0) is 17.8. The first-order valence-corrected chi connectivity index (χ1v) is 9.37. The lowest BCUT2D eigenvalue weighted by molar-refractivity contribution is 1.01. The van der Waals surface area contributed by atoms with Crippen LogP contribution in [0.15, 0.2) is 53.6 Å². The van der Waals surface area contributed by atoms with E-state index < -0.39 is 0 Å². The van der Waals surface area contributed by atoms with Gasteiger partial charge in [0.2, 0.25) is 5.13 Å². The van der Waals surface area contributed by atoms with Crippen LogP contribution in [0.4, 0.5) is 5.13 Å². The molecule has 0 unspecified atom stereocenters. The van der Waals surface area contributed by atoms with Gasteiger partial charge in [0.1, 0.15) is 0 Å². The van der Waals surface area contributed by atoms with E-state index in [1.165, 1.54) is 5.56 Å². The highest BCUT2D eigenvalue weighted by atomic mass is 35.5. The summed E-state index contributed by atoms with van der Waals surface area (Å²) in [5, 5.41) is 7.94. The Hall–Kier alpha value is -2.17. The number of anilines is 1. The van der Waals surface area contributed by atoms with Gasteiger partial charge >= 0.3 is 0 Å². The van der Waals surface area contributed by atoms with E-state index in [0.717, 1.165) is 33.3 Å². The summed E-state index contributed by atoms with van der Waals surface area (Å²) in [6.07, 6.45) is 2.88. The summed E-state index contributed by atoms with van der Waals surface area (Å²) in [5.41, 5.74) is 4.29. The fraction of sp³-hybridized carbons (Fsp3) is 0.200. The van der Waals surface area contributed by atoms with Crippen molar-refractivity contribution in [1.29, 1.82) is 0 Å². The van der Waals surface area contributed by atoms with Crippen LogP contribution in [-0.2, 0) is 6.42 Å². The highest BCUT2D eigenvalue weighted by Gasteiger charge is 2.14. The molecule has 128 valence electrons.